The van der Waals surface area contributed by atoms with Gasteiger partial charge >= 0.3 is 5.97 Å². The fourth-order valence-corrected chi connectivity index (χ4v) is 3.01. The molecule has 0 saturated carbocycles. The Balaban J connectivity index is 3.11. The lowest BCUT2D eigenvalue weighted by Crippen LogP contribution is -2.13. The lowest BCUT2D eigenvalue weighted by atomic mass is 10.0. The molecular weight excluding hydrogens is 296 g/mol. The smallest absolute Gasteiger partial charge is 0.306 e. The fourth-order valence-electron chi connectivity index (χ4n) is 3.01. The largest absolute Gasteiger partial charge is 0.463 e. The first kappa shape index (κ1) is 23.5. The van der Waals surface area contributed by atoms with E-state index in [1.165, 1.54) is 89.9 Å². The fraction of sp³-hybridized carbons (Fsp3) is 0.955. The Hall–Kier alpha value is -0.530. The van der Waals surface area contributed by atoms with E-state index in [-0.39, 0.29) is 12.1 Å². The van der Waals surface area contributed by atoms with Crippen molar-refractivity contribution in [1.29, 1.82) is 0 Å². The maximum Gasteiger partial charge on any atom is 0.306 e. The summed E-state index contributed by atoms with van der Waals surface area (Å²) in [4.78, 5) is 11.5. The Morgan fingerprint density at radius 1 is 0.667 bits per heavy atom. The zero-order valence-corrected chi connectivity index (χ0v) is 16.9. The number of esters is 1. The molecule has 0 spiro atoms. The molecule has 0 N–H and O–H groups in total. The summed E-state index contributed by atoms with van der Waals surface area (Å²) in [6.45, 7) is 6.29. The summed E-state index contributed by atoms with van der Waals surface area (Å²) in [5.74, 6) is -0.0148. The predicted molar refractivity (Wildman–Crippen MR) is 105 cm³/mol. The lowest BCUT2D eigenvalue weighted by Gasteiger charge is -2.10. The molecule has 0 aromatic carbocycles. The highest BCUT2D eigenvalue weighted by Crippen LogP contribution is 2.14. The highest BCUT2D eigenvalue weighted by atomic mass is 16.5. The molecule has 0 amide bonds. The van der Waals surface area contributed by atoms with Gasteiger partial charge in [-0.15, -0.1) is 0 Å². The number of unbranched alkanes of at least 4 members (excludes halogenated alkanes) is 14. The van der Waals surface area contributed by atoms with Crippen LogP contribution in [0, 0.1) is 0 Å². The van der Waals surface area contributed by atoms with Crippen LogP contribution in [-0.2, 0) is 9.53 Å². The molecular formula is C22H44O2. The average Bonchev–Trinajstić information content (AvgIpc) is 2.58. The van der Waals surface area contributed by atoms with Crippen LogP contribution >= 0.6 is 0 Å². The molecule has 2 heteroatoms. The maximum absolute atomic E-state index is 11.5. The minimum absolute atomic E-state index is 0.0148. The first-order valence-corrected chi connectivity index (χ1v) is 10.9. The van der Waals surface area contributed by atoms with E-state index >= 15 is 0 Å². The molecule has 0 saturated heterocycles. The van der Waals surface area contributed by atoms with Crippen LogP contribution in [0.15, 0.2) is 0 Å². The van der Waals surface area contributed by atoms with Gasteiger partial charge in [0.25, 0.3) is 0 Å². The summed E-state index contributed by atoms with van der Waals surface area (Å²) in [6.07, 6.45) is 21.9. The van der Waals surface area contributed by atoms with Crippen LogP contribution in [0.5, 0.6) is 0 Å². The molecule has 0 aromatic rings. The van der Waals surface area contributed by atoms with Gasteiger partial charge in [-0.1, -0.05) is 104 Å². The lowest BCUT2D eigenvalue weighted by molar-refractivity contribution is -0.148. The Kier molecular flexibility index (Phi) is 18.4. The second-order valence-corrected chi connectivity index (χ2v) is 7.41. The molecule has 1 unspecified atom stereocenters. The Labute approximate surface area is 152 Å². The van der Waals surface area contributed by atoms with Crippen molar-refractivity contribution in [2.75, 3.05) is 0 Å². The van der Waals surface area contributed by atoms with Gasteiger partial charge in [-0.05, 0) is 19.8 Å². The second kappa shape index (κ2) is 18.8. The van der Waals surface area contributed by atoms with Crippen molar-refractivity contribution in [2.24, 2.45) is 0 Å². The van der Waals surface area contributed by atoms with Gasteiger partial charge in [0.1, 0.15) is 0 Å². The minimum atomic E-state index is -0.0148. The van der Waals surface area contributed by atoms with Crippen LogP contribution in [-0.4, -0.2) is 12.1 Å². The molecule has 0 radical (unpaired) electrons. The normalized spacial score (nSPS) is 12.3. The first-order valence-electron chi connectivity index (χ1n) is 10.9. The van der Waals surface area contributed by atoms with Gasteiger partial charge in [0, 0.05) is 6.42 Å². The van der Waals surface area contributed by atoms with Crippen LogP contribution < -0.4 is 0 Å². The molecule has 0 heterocycles. The highest BCUT2D eigenvalue weighted by molar-refractivity contribution is 5.69. The summed E-state index contributed by atoms with van der Waals surface area (Å²) in [5, 5.41) is 0. The van der Waals surface area contributed by atoms with Gasteiger partial charge < -0.3 is 4.74 Å². The maximum atomic E-state index is 11.5. The molecule has 144 valence electrons. The van der Waals surface area contributed by atoms with Crippen molar-refractivity contribution in [1.82, 2.24) is 0 Å². The third kappa shape index (κ3) is 17.8. The van der Waals surface area contributed by atoms with Crippen molar-refractivity contribution < 1.29 is 9.53 Å². The minimum Gasteiger partial charge on any atom is -0.463 e. The summed E-state index contributed by atoms with van der Waals surface area (Å²) >= 11 is 0. The van der Waals surface area contributed by atoms with Crippen molar-refractivity contribution >= 4 is 5.97 Å². The summed E-state index contributed by atoms with van der Waals surface area (Å²) in [7, 11) is 0. The van der Waals surface area contributed by atoms with Gasteiger partial charge in [0.15, 0.2) is 0 Å². The molecule has 2 nitrogen and oxygen atoms in total. The van der Waals surface area contributed by atoms with Crippen LogP contribution in [0.1, 0.15) is 130 Å². The molecule has 24 heavy (non-hydrogen) atoms. The number of hydrogen-bond donors (Lipinski definition) is 0. The highest BCUT2D eigenvalue weighted by Gasteiger charge is 2.06. The molecule has 0 fully saturated rings. The number of ether oxygens (including phenoxy) is 1. The molecule has 1 atom stereocenters. The third-order valence-electron chi connectivity index (χ3n) is 4.89. The molecule has 0 aliphatic heterocycles. The van der Waals surface area contributed by atoms with Gasteiger partial charge in [-0.2, -0.15) is 0 Å². The van der Waals surface area contributed by atoms with E-state index in [2.05, 4.69) is 6.92 Å². The molecule has 0 rings (SSSR count). The topological polar surface area (TPSA) is 26.3 Å². The Morgan fingerprint density at radius 3 is 1.42 bits per heavy atom. The monoisotopic (exact) mass is 340 g/mol. The first-order chi connectivity index (χ1) is 11.7. The SMILES string of the molecule is CCCCCCCCCCCCCCCCCC(=O)OC(C)CC. The molecule has 0 aromatic heterocycles. The predicted octanol–water partition coefficient (Wildman–Crippen LogP) is 7.59. The van der Waals surface area contributed by atoms with E-state index in [9.17, 15) is 4.79 Å². The average molecular weight is 341 g/mol. The molecule has 0 aliphatic carbocycles. The van der Waals surface area contributed by atoms with E-state index < -0.39 is 0 Å². The van der Waals surface area contributed by atoms with E-state index in [4.69, 9.17) is 4.74 Å². The van der Waals surface area contributed by atoms with E-state index in [0.717, 1.165) is 12.8 Å². The van der Waals surface area contributed by atoms with Gasteiger partial charge in [0.05, 0.1) is 6.10 Å². The van der Waals surface area contributed by atoms with Crippen molar-refractivity contribution in [2.45, 2.75) is 136 Å². The van der Waals surface area contributed by atoms with Crippen molar-refractivity contribution in [3.05, 3.63) is 0 Å². The number of hydrogen-bond acceptors (Lipinski definition) is 2. The zero-order chi connectivity index (χ0) is 17.9. The van der Waals surface area contributed by atoms with E-state index in [1.807, 2.05) is 13.8 Å². The van der Waals surface area contributed by atoms with Crippen molar-refractivity contribution in [3.63, 3.8) is 0 Å². The molecule has 0 bridgehead atoms. The van der Waals surface area contributed by atoms with Crippen LogP contribution in [0.3, 0.4) is 0 Å². The van der Waals surface area contributed by atoms with Gasteiger partial charge in [0.2, 0.25) is 0 Å². The number of carbonyl (C=O) groups excluding carboxylic acids is 1. The standard InChI is InChI=1S/C22H44O2/c1-4-6-7-8-9-10-11-12-13-14-15-16-17-18-19-20-22(23)24-21(3)5-2/h21H,4-20H2,1-3H3. The zero-order valence-electron chi connectivity index (χ0n) is 16.9. The Bertz CT molecular complexity index is 263. The van der Waals surface area contributed by atoms with Crippen LogP contribution in [0.2, 0.25) is 0 Å². The quantitative estimate of drug-likeness (QED) is 0.190. The van der Waals surface area contributed by atoms with Crippen LogP contribution in [0.4, 0.5) is 0 Å². The third-order valence-corrected chi connectivity index (χ3v) is 4.89. The number of rotatable bonds is 18. The van der Waals surface area contributed by atoms with E-state index in [1.54, 1.807) is 0 Å². The van der Waals surface area contributed by atoms with Crippen LogP contribution in [0.25, 0.3) is 0 Å². The second-order valence-electron chi connectivity index (χ2n) is 7.41. The summed E-state index contributed by atoms with van der Waals surface area (Å²) in [6, 6.07) is 0. The molecule has 0 aliphatic rings. The van der Waals surface area contributed by atoms with E-state index in [0.29, 0.717) is 6.42 Å². The summed E-state index contributed by atoms with van der Waals surface area (Å²) in [5.41, 5.74) is 0. The summed E-state index contributed by atoms with van der Waals surface area (Å²) < 4.78 is 5.28. The Morgan fingerprint density at radius 2 is 1.04 bits per heavy atom. The van der Waals surface area contributed by atoms with Gasteiger partial charge in [-0.3, -0.25) is 4.79 Å². The number of carbonyl (C=O) groups is 1. The van der Waals surface area contributed by atoms with Gasteiger partial charge in [-0.25, -0.2) is 0 Å². The van der Waals surface area contributed by atoms with Crippen molar-refractivity contribution in [3.8, 4) is 0 Å².